The van der Waals surface area contributed by atoms with Crippen molar-refractivity contribution in [3.8, 4) is 0 Å². The van der Waals surface area contributed by atoms with Gasteiger partial charge < -0.3 is 15.1 Å². The van der Waals surface area contributed by atoms with E-state index in [4.69, 9.17) is 4.42 Å². The number of carbonyl (C=O) groups excluding carboxylic acids is 2. The summed E-state index contributed by atoms with van der Waals surface area (Å²) in [6.07, 6.45) is 1.86. The molecule has 0 bridgehead atoms. The van der Waals surface area contributed by atoms with E-state index in [1.165, 1.54) is 30.5 Å². The van der Waals surface area contributed by atoms with Gasteiger partial charge in [0.1, 0.15) is 17.6 Å². The van der Waals surface area contributed by atoms with Crippen LogP contribution in [0.15, 0.2) is 77.4 Å². The van der Waals surface area contributed by atoms with Crippen LogP contribution in [0.2, 0.25) is 0 Å². The molecule has 1 aromatic heterocycles. The second kappa shape index (κ2) is 8.80. The molecule has 0 saturated carbocycles. The van der Waals surface area contributed by atoms with Gasteiger partial charge >= 0.3 is 0 Å². The summed E-state index contributed by atoms with van der Waals surface area (Å²) in [5.74, 6) is -0.579. The Morgan fingerprint density at radius 1 is 0.963 bits per heavy atom. The minimum atomic E-state index is -0.778. The van der Waals surface area contributed by atoms with Crippen molar-refractivity contribution < 1.29 is 18.4 Å². The van der Waals surface area contributed by atoms with Crippen LogP contribution in [0.1, 0.15) is 21.7 Å². The van der Waals surface area contributed by atoms with Crippen LogP contribution < -0.4 is 10.6 Å². The van der Waals surface area contributed by atoms with Crippen molar-refractivity contribution in [3.05, 3.63) is 95.7 Å². The highest BCUT2D eigenvalue weighted by Crippen LogP contribution is 2.07. The number of rotatable bonds is 7. The zero-order valence-corrected chi connectivity index (χ0v) is 14.5. The first kappa shape index (κ1) is 18.4. The monoisotopic (exact) mass is 366 g/mol. The number of benzene rings is 2. The first-order valence-corrected chi connectivity index (χ1v) is 8.52. The Bertz CT molecular complexity index is 878. The number of furan rings is 1. The predicted octanol–water partition coefficient (Wildman–Crippen LogP) is 3.08. The van der Waals surface area contributed by atoms with E-state index in [1.807, 2.05) is 30.3 Å². The molecule has 138 valence electrons. The quantitative estimate of drug-likeness (QED) is 0.675. The van der Waals surface area contributed by atoms with Gasteiger partial charge in [0.2, 0.25) is 5.91 Å². The van der Waals surface area contributed by atoms with E-state index in [1.54, 1.807) is 12.1 Å². The summed E-state index contributed by atoms with van der Waals surface area (Å²) in [6, 6.07) is 17.3. The smallest absolute Gasteiger partial charge is 0.251 e. The first-order valence-electron chi connectivity index (χ1n) is 8.52. The van der Waals surface area contributed by atoms with E-state index in [0.717, 1.165) is 5.56 Å². The number of nitrogens with one attached hydrogen (secondary N) is 2. The molecule has 1 unspecified atom stereocenters. The van der Waals surface area contributed by atoms with Gasteiger partial charge in [-0.3, -0.25) is 9.59 Å². The highest BCUT2D eigenvalue weighted by molar-refractivity contribution is 5.97. The second-order valence-corrected chi connectivity index (χ2v) is 6.02. The maximum absolute atomic E-state index is 13.1. The molecule has 5 nitrogen and oxygen atoms in total. The fourth-order valence-corrected chi connectivity index (χ4v) is 2.61. The van der Waals surface area contributed by atoms with E-state index in [-0.39, 0.29) is 18.0 Å². The van der Waals surface area contributed by atoms with Crippen LogP contribution in [0.25, 0.3) is 0 Å². The number of hydrogen-bond donors (Lipinski definition) is 2. The lowest BCUT2D eigenvalue weighted by Gasteiger charge is -2.18. The molecule has 2 N–H and O–H groups in total. The van der Waals surface area contributed by atoms with Crippen molar-refractivity contribution in [3.63, 3.8) is 0 Å². The molecule has 0 aliphatic heterocycles. The Kier molecular flexibility index (Phi) is 5.99. The van der Waals surface area contributed by atoms with Crippen molar-refractivity contribution in [2.24, 2.45) is 0 Å². The summed E-state index contributed by atoms with van der Waals surface area (Å²) in [4.78, 5) is 25.1. The summed E-state index contributed by atoms with van der Waals surface area (Å²) < 4.78 is 18.3. The van der Waals surface area contributed by atoms with Gasteiger partial charge in [-0.25, -0.2) is 4.39 Å². The van der Waals surface area contributed by atoms with Gasteiger partial charge in [0.25, 0.3) is 5.91 Å². The van der Waals surface area contributed by atoms with Crippen LogP contribution in [0.5, 0.6) is 0 Å². The van der Waals surface area contributed by atoms with Crippen LogP contribution in [-0.2, 0) is 17.8 Å². The van der Waals surface area contributed by atoms with Crippen molar-refractivity contribution in [2.75, 3.05) is 0 Å². The van der Waals surface area contributed by atoms with Gasteiger partial charge in [0, 0.05) is 12.0 Å². The summed E-state index contributed by atoms with van der Waals surface area (Å²) in [5, 5.41) is 5.49. The van der Waals surface area contributed by atoms with Gasteiger partial charge in [0.15, 0.2) is 0 Å². The second-order valence-electron chi connectivity index (χ2n) is 6.02. The largest absolute Gasteiger partial charge is 0.467 e. The van der Waals surface area contributed by atoms with Gasteiger partial charge in [0.05, 0.1) is 12.8 Å². The fraction of sp³-hybridized carbons (Fsp3) is 0.143. The molecule has 0 spiro atoms. The lowest BCUT2D eigenvalue weighted by Crippen LogP contribution is -2.47. The molecule has 0 fully saturated rings. The molecule has 2 aromatic carbocycles. The third kappa shape index (κ3) is 5.28. The molecule has 3 aromatic rings. The summed E-state index contributed by atoms with van der Waals surface area (Å²) in [7, 11) is 0. The average Bonchev–Trinajstić information content (AvgIpc) is 3.20. The zero-order chi connectivity index (χ0) is 19.1. The highest BCUT2D eigenvalue weighted by Gasteiger charge is 2.22. The molecule has 0 aliphatic carbocycles. The molecule has 0 aliphatic rings. The normalized spacial score (nSPS) is 11.6. The van der Waals surface area contributed by atoms with E-state index in [9.17, 15) is 14.0 Å². The molecular formula is C21H19FN2O3. The highest BCUT2D eigenvalue weighted by atomic mass is 19.1. The molecule has 1 heterocycles. The van der Waals surface area contributed by atoms with Crippen LogP contribution in [0.3, 0.4) is 0 Å². The average molecular weight is 366 g/mol. The third-order valence-corrected chi connectivity index (χ3v) is 4.03. The number of carbonyl (C=O) groups is 2. The van der Waals surface area contributed by atoms with Crippen molar-refractivity contribution in [1.29, 1.82) is 0 Å². The molecule has 1 atom stereocenters. The van der Waals surface area contributed by atoms with Gasteiger partial charge in [-0.1, -0.05) is 30.3 Å². The molecule has 0 radical (unpaired) electrons. The number of amides is 2. The van der Waals surface area contributed by atoms with Gasteiger partial charge in [-0.05, 0) is 42.0 Å². The standard InChI is InChI=1S/C21H19FN2O3/c22-17-10-8-16(9-11-17)20(25)24-19(13-15-5-2-1-3-6-15)21(26)23-14-18-7-4-12-27-18/h1-12,19H,13-14H2,(H,23,26)(H,24,25). The molecule has 6 heteroatoms. The summed E-state index contributed by atoms with van der Waals surface area (Å²) in [5.41, 5.74) is 1.20. The third-order valence-electron chi connectivity index (χ3n) is 4.03. The van der Waals surface area contributed by atoms with E-state index in [2.05, 4.69) is 10.6 Å². The SMILES string of the molecule is O=C(NC(Cc1ccccc1)C(=O)NCc1ccco1)c1ccc(F)cc1. The number of hydrogen-bond acceptors (Lipinski definition) is 3. The minimum absolute atomic E-state index is 0.226. The van der Waals surface area contributed by atoms with E-state index >= 15 is 0 Å². The van der Waals surface area contributed by atoms with Crippen LogP contribution in [-0.4, -0.2) is 17.9 Å². The fourth-order valence-electron chi connectivity index (χ4n) is 2.61. The molecule has 3 rings (SSSR count). The Morgan fingerprint density at radius 3 is 2.37 bits per heavy atom. The van der Waals surface area contributed by atoms with Gasteiger partial charge in [-0.2, -0.15) is 0 Å². The topological polar surface area (TPSA) is 71.3 Å². The molecule has 0 saturated heterocycles. The Balaban J connectivity index is 1.70. The maximum atomic E-state index is 13.1. The van der Waals surface area contributed by atoms with E-state index < -0.39 is 17.8 Å². The lowest BCUT2D eigenvalue weighted by molar-refractivity contribution is -0.123. The molecular weight excluding hydrogens is 347 g/mol. The Morgan fingerprint density at radius 2 is 1.70 bits per heavy atom. The number of halogens is 1. The Labute approximate surface area is 156 Å². The minimum Gasteiger partial charge on any atom is -0.467 e. The summed E-state index contributed by atoms with van der Waals surface area (Å²) in [6.45, 7) is 0.226. The first-order chi connectivity index (χ1) is 13.1. The van der Waals surface area contributed by atoms with Crippen LogP contribution >= 0.6 is 0 Å². The van der Waals surface area contributed by atoms with E-state index in [0.29, 0.717) is 12.2 Å². The summed E-state index contributed by atoms with van der Waals surface area (Å²) >= 11 is 0. The zero-order valence-electron chi connectivity index (χ0n) is 14.5. The van der Waals surface area contributed by atoms with Crippen LogP contribution in [0.4, 0.5) is 4.39 Å². The van der Waals surface area contributed by atoms with Crippen molar-refractivity contribution in [2.45, 2.75) is 19.0 Å². The molecule has 27 heavy (non-hydrogen) atoms. The van der Waals surface area contributed by atoms with Crippen LogP contribution in [0, 0.1) is 5.82 Å². The van der Waals surface area contributed by atoms with Crippen molar-refractivity contribution >= 4 is 11.8 Å². The maximum Gasteiger partial charge on any atom is 0.251 e. The van der Waals surface area contributed by atoms with Gasteiger partial charge in [-0.15, -0.1) is 0 Å². The van der Waals surface area contributed by atoms with Crippen molar-refractivity contribution in [1.82, 2.24) is 10.6 Å². The Hall–Kier alpha value is -3.41. The predicted molar refractivity (Wildman–Crippen MR) is 98.4 cm³/mol. The lowest BCUT2D eigenvalue weighted by atomic mass is 10.0. The molecule has 2 amide bonds.